The summed E-state index contributed by atoms with van der Waals surface area (Å²) in [4.78, 5) is 14.0. The predicted molar refractivity (Wildman–Crippen MR) is 86.7 cm³/mol. The number of carbonyl (C=O) groups is 1. The van der Waals surface area contributed by atoms with E-state index in [2.05, 4.69) is 5.32 Å². The van der Waals surface area contributed by atoms with Crippen LogP contribution in [-0.2, 0) is 4.79 Å². The Morgan fingerprint density at radius 2 is 1.86 bits per heavy atom. The van der Waals surface area contributed by atoms with Crippen LogP contribution in [-0.4, -0.2) is 41.6 Å². The molecule has 1 aromatic carbocycles. The minimum atomic E-state index is -0.473. The molecule has 1 aliphatic heterocycles. The van der Waals surface area contributed by atoms with Crippen LogP contribution < -0.4 is 5.32 Å². The Morgan fingerprint density at radius 1 is 1.23 bits per heavy atom. The molecule has 0 radical (unpaired) electrons. The summed E-state index contributed by atoms with van der Waals surface area (Å²) < 4.78 is 0. The number of rotatable bonds is 5. The minimum Gasteiger partial charge on any atom is -0.388 e. The topological polar surface area (TPSA) is 52.6 Å². The first-order valence-corrected chi connectivity index (χ1v) is 8.46. The summed E-state index contributed by atoms with van der Waals surface area (Å²) in [5.41, 5.74) is 0.907. The zero-order valence-corrected chi connectivity index (χ0v) is 13.4. The molecule has 22 heavy (non-hydrogen) atoms. The molecule has 4 nitrogen and oxygen atoms in total. The van der Waals surface area contributed by atoms with Gasteiger partial charge in [0.25, 0.3) is 0 Å². The van der Waals surface area contributed by atoms with Crippen LogP contribution in [0.5, 0.6) is 0 Å². The normalized spacial score (nSPS) is 20.9. The van der Waals surface area contributed by atoms with Crippen molar-refractivity contribution in [2.24, 2.45) is 5.92 Å². The largest absolute Gasteiger partial charge is 0.388 e. The van der Waals surface area contributed by atoms with E-state index in [1.54, 1.807) is 0 Å². The van der Waals surface area contributed by atoms with Crippen molar-refractivity contribution in [1.82, 2.24) is 10.2 Å². The number of halogens is 1. The Kier molecular flexibility index (Phi) is 5.01. The molecule has 1 unspecified atom stereocenters. The van der Waals surface area contributed by atoms with E-state index in [1.165, 1.54) is 12.8 Å². The molecule has 0 aromatic heterocycles. The number of hydrogen-bond acceptors (Lipinski definition) is 3. The smallest absolute Gasteiger partial charge is 0.236 e. The average Bonchev–Trinajstić information content (AvgIpc) is 3.37. The number of likely N-dealkylation sites (tertiary alicyclic amines) is 1. The number of nitrogens with zero attached hydrogens (tertiary/aromatic N) is 1. The van der Waals surface area contributed by atoms with Gasteiger partial charge in [-0.2, -0.15) is 0 Å². The Hall–Kier alpha value is -1.10. The number of aliphatic hydroxyl groups excluding tert-OH is 1. The van der Waals surface area contributed by atoms with E-state index in [0.29, 0.717) is 17.6 Å². The first-order valence-electron chi connectivity index (χ1n) is 8.08. The summed E-state index contributed by atoms with van der Waals surface area (Å²) in [5, 5.41) is 14.4. The van der Waals surface area contributed by atoms with Crippen LogP contribution in [0.15, 0.2) is 24.3 Å². The highest BCUT2D eigenvalue weighted by molar-refractivity contribution is 6.30. The standard InChI is InChI=1S/C17H23ClN2O2/c18-14-3-1-12(2-4-14)17(22)13-7-9-20(10-8-13)16(21)11-19-15-5-6-15/h1-4,13,15,17,19,22H,5-11H2. The Morgan fingerprint density at radius 3 is 2.45 bits per heavy atom. The van der Waals surface area contributed by atoms with Gasteiger partial charge >= 0.3 is 0 Å². The zero-order chi connectivity index (χ0) is 15.5. The lowest BCUT2D eigenvalue weighted by atomic mass is 9.87. The quantitative estimate of drug-likeness (QED) is 0.875. The van der Waals surface area contributed by atoms with Gasteiger partial charge in [0, 0.05) is 24.2 Å². The molecule has 1 saturated carbocycles. The van der Waals surface area contributed by atoms with Crippen LogP contribution in [0.3, 0.4) is 0 Å². The van der Waals surface area contributed by atoms with Gasteiger partial charge in [0.1, 0.15) is 0 Å². The minimum absolute atomic E-state index is 0.186. The maximum atomic E-state index is 12.1. The lowest BCUT2D eigenvalue weighted by Crippen LogP contribution is -2.44. The second kappa shape index (κ2) is 6.99. The molecule has 1 saturated heterocycles. The van der Waals surface area contributed by atoms with E-state index >= 15 is 0 Å². The molecule has 3 rings (SSSR count). The Bertz CT molecular complexity index is 508. The Labute approximate surface area is 136 Å². The van der Waals surface area contributed by atoms with E-state index in [-0.39, 0.29) is 11.8 Å². The summed E-state index contributed by atoms with van der Waals surface area (Å²) in [6, 6.07) is 7.94. The highest BCUT2D eigenvalue weighted by atomic mass is 35.5. The van der Waals surface area contributed by atoms with E-state index < -0.39 is 6.10 Å². The number of aliphatic hydroxyl groups is 1. The summed E-state index contributed by atoms with van der Waals surface area (Å²) in [6.45, 7) is 1.93. The van der Waals surface area contributed by atoms with Gasteiger partial charge in [0.15, 0.2) is 0 Å². The van der Waals surface area contributed by atoms with Crippen molar-refractivity contribution in [1.29, 1.82) is 0 Å². The van der Waals surface area contributed by atoms with E-state index in [4.69, 9.17) is 11.6 Å². The molecular formula is C17H23ClN2O2. The lowest BCUT2D eigenvalue weighted by molar-refractivity contribution is -0.132. The van der Waals surface area contributed by atoms with Crippen molar-refractivity contribution in [2.75, 3.05) is 19.6 Å². The SMILES string of the molecule is O=C(CNC1CC1)N1CCC(C(O)c2ccc(Cl)cc2)CC1. The second-order valence-electron chi connectivity index (χ2n) is 6.37. The van der Waals surface area contributed by atoms with Crippen LogP contribution >= 0.6 is 11.6 Å². The second-order valence-corrected chi connectivity index (χ2v) is 6.81. The average molecular weight is 323 g/mol. The molecule has 0 spiro atoms. The highest BCUT2D eigenvalue weighted by Crippen LogP contribution is 2.31. The monoisotopic (exact) mass is 322 g/mol. The molecule has 1 aliphatic carbocycles. The van der Waals surface area contributed by atoms with Gasteiger partial charge in [-0.3, -0.25) is 4.79 Å². The van der Waals surface area contributed by atoms with Crippen LogP contribution in [0.4, 0.5) is 0 Å². The first-order chi connectivity index (χ1) is 10.6. The molecule has 1 aromatic rings. The molecule has 5 heteroatoms. The molecule has 1 heterocycles. The Balaban J connectivity index is 1.47. The van der Waals surface area contributed by atoms with Crippen LogP contribution in [0.25, 0.3) is 0 Å². The fourth-order valence-electron chi connectivity index (χ4n) is 3.03. The number of hydrogen-bond donors (Lipinski definition) is 2. The third kappa shape index (κ3) is 4.00. The van der Waals surface area contributed by atoms with Gasteiger partial charge < -0.3 is 15.3 Å². The maximum absolute atomic E-state index is 12.1. The fourth-order valence-corrected chi connectivity index (χ4v) is 3.15. The molecular weight excluding hydrogens is 300 g/mol. The number of benzene rings is 1. The molecule has 0 bridgehead atoms. The van der Waals surface area contributed by atoms with Gasteiger partial charge in [-0.25, -0.2) is 0 Å². The van der Waals surface area contributed by atoms with Gasteiger partial charge in [0.2, 0.25) is 5.91 Å². The van der Waals surface area contributed by atoms with Crippen LogP contribution in [0.2, 0.25) is 5.02 Å². The highest BCUT2D eigenvalue weighted by Gasteiger charge is 2.29. The number of amides is 1. The number of piperidine rings is 1. The molecule has 1 amide bonds. The summed E-state index contributed by atoms with van der Waals surface area (Å²) in [6.07, 6.45) is 3.61. The number of carbonyl (C=O) groups excluding carboxylic acids is 1. The molecule has 1 atom stereocenters. The first kappa shape index (κ1) is 15.8. The van der Waals surface area contributed by atoms with Crippen molar-refractivity contribution < 1.29 is 9.90 Å². The lowest BCUT2D eigenvalue weighted by Gasteiger charge is -2.34. The van der Waals surface area contributed by atoms with Gasteiger partial charge in [-0.15, -0.1) is 0 Å². The molecule has 120 valence electrons. The fraction of sp³-hybridized carbons (Fsp3) is 0.588. The summed E-state index contributed by atoms with van der Waals surface area (Å²) in [5.74, 6) is 0.396. The maximum Gasteiger partial charge on any atom is 0.236 e. The van der Waals surface area contributed by atoms with Gasteiger partial charge in [0.05, 0.1) is 12.6 Å². The molecule has 2 fully saturated rings. The van der Waals surface area contributed by atoms with E-state index in [9.17, 15) is 9.90 Å². The third-order valence-corrected chi connectivity index (χ3v) is 4.92. The van der Waals surface area contributed by atoms with Crippen LogP contribution in [0, 0.1) is 5.92 Å². The van der Waals surface area contributed by atoms with Gasteiger partial charge in [-0.05, 0) is 49.3 Å². The van der Waals surface area contributed by atoms with E-state index in [1.807, 2.05) is 29.2 Å². The van der Waals surface area contributed by atoms with Gasteiger partial charge in [-0.1, -0.05) is 23.7 Å². The van der Waals surface area contributed by atoms with Crippen molar-refractivity contribution in [3.8, 4) is 0 Å². The predicted octanol–water partition coefficient (Wildman–Crippen LogP) is 2.36. The van der Waals surface area contributed by atoms with E-state index in [0.717, 1.165) is 31.5 Å². The third-order valence-electron chi connectivity index (χ3n) is 4.67. The summed E-state index contributed by atoms with van der Waals surface area (Å²) >= 11 is 5.88. The van der Waals surface area contributed by atoms with Crippen molar-refractivity contribution in [3.05, 3.63) is 34.9 Å². The number of nitrogens with one attached hydrogen (secondary N) is 1. The zero-order valence-electron chi connectivity index (χ0n) is 12.7. The van der Waals surface area contributed by atoms with Crippen molar-refractivity contribution in [3.63, 3.8) is 0 Å². The summed E-state index contributed by atoms with van der Waals surface area (Å²) in [7, 11) is 0. The molecule has 2 N–H and O–H groups in total. The van der Waals surface area contributed by atoms with Crippen LogP contribution in [0.1, 0.15) is 37.4 Å². The molecule has 2 aliphatic rings. The van der Waals surface area contributed by atoms with Crippen molar-refractivity contribution in [2.45, 2.75) is 37.8 Å². The van der Waals surface area contributed by atoms with Crippen molar-refractivity contribution >= 4 is 17.5 Å².